The van der Waals surface area contributed by atoms with Crippen molar-refractivity contribution in [3.05, 3.63) is 36.3 Å². The summed E-state index contributed by atoms with van der Waals surface area (Å²) in [5.41, 5.74) is -0.972. The molecule has 1 aliphatic rings. The van der Waals surface area contributed by atoms with Crippen LogP contribution in [0.2, 0.25) is 0 Å². The summed E-state index contributed by atoms with van der Waals surface area (Å²) in [4.78, 5) is 0. The Balaban J connectivity index is 1.89. The molecule has 0 saturated carbocycles. The molecule has 1 aliphatic heterocycles. The summed E-state index contributed by atoms with van der Waals surface area (Å²) in [6, 6.07) is 7.49. The summed E-state index contributed by atoms with van der Waals surface area (Å²) in [5.74, 6) is 1.85. The highest BCUT2D eigenvalue weighted by atomic mass is 16.6. The SMILES string of the molecule is CCCCCCCC(C)(O)C1=COc2ccccc2O1. The summed E-state index contributed by atoms with van der Waals surface area (Å²) in [6.45, 7) is 3.99. The van der Waals surface area contributed by atoms with Gasteiger partial charge in [0.15, 0.2) is 17.3 Å². The van der Waals surface area contributed by atoms with Crippen molar-refractivity contribution in [2.75, 3.05) is 0 Å². The lowest BCUT2D eigenvalue weighted by Gasteiger charge is -2.29. The molecule has 1 aromatic carbocycles. The van der Waals surface area contributed by atoms with Crippen LogP contribution >= 0.6 is 0 Å². The third-order valence-corrected chi connectivity index (χ3v) is 3.66. The molecule has 3 heteroatoms. The van der Waals surface area contributed by atoms with E-state index >= 15 is 0 Å². The smallest absolute Gasteiger partial charge is 0.170 e. The second-order valence-electron chi connectivity index (χ2n) is 5.59. The predicted molar refractivity (Wildman–Crippen MR) is 79.8 cm³/mol. The van der Waals surface area contributed by atoms with E-state index in [-0.39, 0.29) is 0 Å². The Morgan fingerprint density at radius 1 is 1.05 bits per heavy atom. The van der Waals surface area contributed by atoms with E-state index in [1.54, 1.807) is 6.92 Å². The lowest BCUT2D eigenvalue weighted by atomic mass is 9.95. The molecule has 1 aromatic rings. The van der Waals surface area contributed by atoms with E-state index in [1.807, 2.05) is 24.3 Å². The Morgan fingerprint density at radius 3 is 2.50 bits per heavy atom. The molecule has 0 bridgehead atoms. The maximum atomic E-state index is 10.5. The number of hydrogen-bond donors (Lipinski definition) is 1. The summed E-state index contributed by atoms with van der Waals surface area (Å²) in [7, 11) is 0. The number of hydrogen-bond acceptors (Lipinski definition) is 3. The molecule has 0 aliphatic carbocycles. The van der Waals surface area contributed by atoms with Gasteiger partial charge >= 0.3 is 0 Å². The average molecular weight is 276 g/mol. The number of benzene rings is 1. The summed E-state index contributed by atoms with van der Waals surface area (Å²) in [6.07, 6.45) is 8.07. The molecule has 1 atom stereocenters. The molecular weight excluding hydrogens is 252 g/mol. The molecule has 1 heterocycles. The quantitative estimate of drug-likeness (QED) is 0.750. The largest absolute Gasteiger partial charge is 0.457 e. The minimum atomic E-state index is -0.972. The van der Waals surface area contributed by atoms with Crippen LogP contribution in [-0.2, 0) is 0 Å². The van der Waals surface area contributed by atoms with E-state index in [0.717, 1.165) is 12.8 Å². The van der Waals surface area contributed by atoms with Crippen LogP contribution in [0.3, 0.4) is 0 Å². The highest BCUT2D eigenvalue weighted by molar-refractivity contribution is 5.43. The number of ether oxygens (including phenoxy) is 2. The lowest BCUT2D eigenvalue weighted by molar-refractivity contribution is 0.0406. The van der Waals surface area contributed by atoms with Crippen LogP contribution in [0.25, 0.3) is 0 Å². The van der Waals surface area contributed by atoms with E-state index in [1.165, 1.54) is 25.5 Å². The van der Waals surface area contributed by atoms with E-state index in [4.69, 9.17) is 9.47 Å². The van der Waals surface area contributed by atoms with Gasteiger partial charge in [-0.25, -0.2) is 0 Å². The minimum Gasteiger partial charge on any atom is -0.457 e. The Kier molecular flexibility index (Phi) is 5.07. The van der Waals surface area contributed by atoms with Gasteiger partial charge in [-0.05, 0) is 25.5 Å². The molecular formula is C17H24O3. The van der Waals surface area contributed by atoms with Gasteiger partial charge < -0.3 is 14.6 Å². The number of fused-ring (bicyclic) bond motifs is 1. The molecule has 20 heavy (non-hydrogen) atoms. The van der Waals surface area contributed by atoms with Crippen molar-refractivity contribution >= 4 is 0 Å². The Bertz CT molecular complexity index is 463. The summed E-state index contributed by atoms with van der Waals surface area (Å²) in [5, 5.41) is 10.5. The van der Waals surface area contributed by atoms with Gasteiger partial charge in [0.1, 0.15) is 11.9 Å². The van der Waals surface area contributed by atoms with Crippen molar-refractivity contribution in [1.29, 1.82) is 0 Å². The van der Waals surface area contributed by atoms with Crippen LogP contribution < -0.4 is 9.47 Å². The molecule has 1 unspecified atom stereocenters. The molecule has 0 saturated heterocycles. The third kappa shape index (κ3) is 3.76. The summed E-state index contributed by atoms with van der Waals surface area (Å²) < 4.78 is 11.3. The molecule has 0 aromatic heterocycles. The first-order chi connectivity index (χ1) is 9.63. The molecule has 0 fully saturated rings. The molecule has 110 valence electrons. The van der Waals surface area contributed by atoms with Crippen LogP contribution in [0.15, 0.2) is 36.3 Å². The predicted octanol–water partition coefficient (Wildman–Crippen LogP) is 4.41. The Labute approximate surface area is 121 Å². The first kappa shape index (κ1) is 14.9. The van der Waals surface area contributed by atoms with Gasteiger partial charge in [-0.3, -0.25) is 0 Å². The van der Waals surface area contributed by atoms with Crippen molar-refractivity contribution in [3.63, 3.8) is 0 Å². The zero-order valence-electron chi connectivity index (χ0n) is 12.4. The van der Waals surface area contributed by atoms with Crippen molar-refractivity contribution in [1.82, 2.24) is 0 Å². The van der Waals surface area contributed by atoms with Gasteiger partial charge in [-0.15, -0.1) is 0 Å². The van der Waals surface area contributed by atoms with Crippen molar-refractivity contribution < 1.29 is 14.6 Å². The highest BCUT2D eigenvalue weighted by Gasteiger charge is 2.31. The number of aliphatic hydroxyl groups is 1. The topological polar surface area (TPSA) is 38.7 Å². The second kappa shape index (κ2) is 6.80. The molecule has 0 spiro atoms. The van der Waals surface area contributed by atoms with Gasteiger partial charge in [0.2, 0.25) is 0 Å². The standard InChI is InChI=1S/C17H24O3/c1-3-4-5-6-9-12-17(2,18)16-13-19-14-10-7-8-11-15(14)20-16/h7-8,10-11,13,18H,3-6,9,12H2,1-2H3. The molecule has 3 nitrogen and oxygen atoms in total. The second-order valence-corrected chi connectivity index (χ2v) is 5.59. The maximum absolute atomic E-state index is 10.5. The third-order valence-electron chi connectivity index (χ3n) is 3.66. The van der Waals surface area contributed by atoms with E-state index in [0.29, 0.717) is 23.7 Å². The fourth-order valence-corrected chi connectivity index (χ4v) is 2.32. The van der Waals surface area contributed by atoms with Crippen LogP contribution in [0.5, 0.6) is 11.5 Å². The van der Waals surface area contributed by atoms with Crippen LogP contribution in [0, 0.1) is 0 Å². The van der Waals surface area contributed by atoms with Crippen LogP contribution in [0.4, 0.5) is 0 Å². The number of rotatable bonds is 7. The first-order valence-corrected chi connectivity index (χ1v) is 7.50. The zero-order valence-corrected chi connectivity index (χ0v) is 12.4. The van der Waals surface area contributed by atoms with Gasteiger partial charge in [0.05, 0.1) is 0 Å². The minimum absolute atomic E-state index is 0.492. The van der Waals surface area contributed by atoms with Gasteiger partial charge in [0, 0.05) is 0 Å². The first-order valence-electron chi connectivity index (χ1n) is 7.50. The average Bonchev–Trinajstić information content (AvgIpc) is 2.46. The number of unbranched alkanes of at least 4 members (excludes halogenated alkanes) is 4. The highest BCUT2D eigenvalue weighted by Crippen LogP contribution is 2.36. The van der Waals surface area contributed by atoms with E-state index in [9.17, 15) is 5.11 Å². The molecule has 1 N–H and O–H groups in total. The van der Waals surface area contributed by atoms with E-state index in [2.05, 4.69) is 6.92 Å². The van der Waals surface area contributed by atoms with Gasteiger partial charge in [-0.1, -0.05) is 51.2 Å². The number of para-hydroxylation sites is 2. The van der Waals surface area contributed by atoms with Crippen LogP contribution in [0.1, 0.15) is 52.4 Å². The Hall–Kier alpha value is -1.48. The Morgan fingerprint density at radius 2 is 1.75 bits per heavy atom. The van der Waals surface area contributed by atoms with E-state index < -0.39 is 5.60 Å². The van der Waals surface area contributed by atoms with Crippen molar-refractivity contribution in [3.8, 4) is 11.5 Å². The monoisotopic (exact) mass is 276 g/mol. The molecule has 0 radical (unpaired) electrons. The van der Waals surface area contributed by atoms with Gasteiger partial charge in [0.25, 0.3) is 0 Å². The van der Waals surface area contributed by atoms with Crippen LogP contribution in [-0.4, -0.2) is 10.7 Å². The summed E-state index contributed by atoms with van der Waals surface area (Å²) >= 11 is 0. The van der Waals surface area contributed by atoms with Gasteiger partial charge in [-0.2, -0.15) is 0 Å². The maximum Gasteiger partial charge on any atom is 0.170 e. The molecule has 0 amide bonds. The molecule has 2 rings (SSSR count). The van der Waals surface area contributed by atoms with Crippen molar-refractivity contribution in [2.45, 2.75) is 58.0 Å². The fourth-order valence-electron chi connectivity index (χ4n) is 2.32. The normalized spacial score (nSPS) is 16.4. The fraction of sp³-hybridized carbons (Fsp3) is 0.529. The lowest BCUT2D eigenvalue weighted by Crippen LogP contribution is -2.31. The zero-order chi connectivity index (χ0) is 14.4. The van der Waals surface area contributed by atoms with Crippen molar-refractivity contribution in [2.24, 2.45) is 0 Å².